The number of ether oxygens (including phenoxy) is 1. The quantitative estimate of drug-likeness (QED) is 0.767. The minimum absolute atomic E-state index is 0.0135. The van der Waals surface area contributed by atoms with Crippen molar-refractivity contribution in [3.8, 4) is 0 Å². The lowest BCUT2D eigenvalue weighted by Crippen LogP contribution is -2.52. The summed E-state index contributed by atoms with van der Waals surface area (Å²) in [6, 6.07) is 6.78. The molecule has 1 aromatic carbocycles. The number of hydrogen-bond donors (Lipinski definition) is 0. The monoisotopic (exact) mass is 402 g/mol. The molecule has 1 amide bonds. The van der Waals surface area contributed by atoms with E-state index < -0.39 is 10.0 Å². The van der Waals surface area contributed by atoms with Crippen molar-refractivity contribution in [2.75, 3.05) is 32.8 Å². The van der Waals surface area contributed by atoms with E-state index in [2.05, 4.69) is 15.9 Å². The molecule has 0 N–H and O–H groups in total. The van der Waals surface area contributed by atoms with Crippen LogP contribution in [0.4, 0.5) is 0 Å². The van der Waals surface area contributed by atoms with Gasteiger partial charge in [0.25, 0.3) is 5.91 Å². The maximum Gasteiger partial charge on any atom is 0.251 e. The molecule has 0 spiro atoms. The Morgan fingerprint density at radius 2 is 1.87 bits per heavy atom. The van der Waals surface area contributed by atoms with Gasteiger partial charge in [-0.15, -0.1) is 0 Å². The van der Waals surface area contributed by atoms with Crippen molar-refractivity contribution in [2.45, 2.75) is 23.8 Å². The maximum absolute atomic E-state index is 12.7. The third kappa shape index (κ3) is 3.45. The normalized spacial score (nSPS) is 23.2. The number of carbonyl (C=O) groups excluding carboxylic acids is 1. The molecular formula is C15H19BrN2O4S. The van der Waals surface area contributed by atoms with E-state index in [1.807, 2.05) is 0 Å². The average molecular weight is 403 g/mol. The summed E-state index contributed by atoms with van der Waals surface area (Å²) in [7, 11) is -3.54. The average Bonchev–Trinajstić information content (AvgIpc) is 3.09. The molecule has 0 unspecified atom stereocenters. The molecule has 8 heteroatoms. The Kier molecular flexibility index (Phi) is 5.05. The number of sulfonamides is 1. The van der Waals surface area contributed by atoms with Crippen LogP contribution in [0.25, 0.3) is 0 Å². The fourth-order valence-electron chi connectivity index (χ4n) is 2.92. The summed E-state index contributed by atoms with van der Waals surface area (Å²) in [5.41, 5.74) is 0. The highest BCUT2D eigenvalue weighted by Crippen LogP contribution is 2.25. The van der Waals surface area contributed by atoms with Crippen LogP contribution in [0.2, 0.25) is 0 Å². The predicted molar refractivity (Wildman–Crippen MR) is 88.5 cm³/mol. The van der Waals surface area contributed by atoms with E-state index in [1.54, 1.807) is 29.2 Å². The number of amides is 1. The van der Waals surface area contributed by atoms with E-state index in [9.17, 15) is 13.2 Å². The molecule has 23 heavy (non-hydrogen) atoms. The Balaban J connectivity index is 1.66. The van der Waals surface area contributed by atoms with Crippen molar-refractivity contribution in [3.63, 3.8) is 0 Å². The van der Waals surface area contributed by atoms with E-state index in [0.29, 0.717) is 37.3 Å². The first-order valence-electron chi connectivity index (χ1n) is 7.65. The Bertz CT molecular complexity index is 680. The van der Waals surface area contributed by atoms with Crippen LogP contribution in [0.15, 0.2) is 33.6 Å². The second kappa shape index (κ2) is 6.88. The van der Waals surface area contributed by atoms with Crippen LogP contribution in [-0.2, 0) is 19.6 Å². The van der Waals surface area contributed by atoms with Gasteiger partial charge in [-0.2, -0.15) is 4.31 Å². The summed E-state index contributed by atoms with van der Waals surface area (Å²) in [6.07, 6.45) is 1.32. The molecule has 0 aliphatic carbocycles. The van der Waals surface area contributed by atoms with E-state index in [4.69, 9.17) is 4.74 Å². The molecule has 0 radical (unpaired) electrons. The molecule has 2 aliphatic rings. The first kappa shape index (κ1) is 16.9. The number of piperazine rings is 1. The van der Waals surface area contributed by atoms with Crippen LogP contribution < -0.4 is 0 Å². The summed E-state index contributed by atoms with van der Waals surface area (Å²) < 4.78 is 32.8. The lowest BCUT2D eigenvalue weighted by atomic mass is 10.2. The first-order chi connectivity index (χ1) is 11.0. The summed E-state index contributed by atoms with van der Waals surface area (Å²) in [6.45, 7) is 2.06. The minimum Gasteiger partial charge on any atom is -0.368 e. The van der Waals surface area contributed by atoms with Crippen LogP contribution in [0, 0.1) is 0 Å². The van der Waals surface area contributed by atoms with Gasteiger partial charge in [-0.3, -0.25) is 4.79 Å². The second-order valence-electron chi connectivity index (χ2n) is 5.66. The van der Waals surface area contributed by atoms with Crippen molar-refractivity contribution in [3.05, 3.63) is 28.7 Å². The van der Waals surface area contributed by atoms with E-state index in [0.717, 1.165) is 12.8 Å². The second-order valence-corrected chi connectivity index (χ2v) is 8.42. The topological polar surface area (TPSA) is 66.9 Å². The van der Waals surface area contributed by atoms with Gasteiger partial charge in [0.05, 0.1) is 4.90 Å². The van der Waals surface area contributed by atoms with Gasteiger partial charge < -0.3 is 9.64 Å². The molecule has 3 rings (SSSR count). The van der Waals surface area contributed by atoms with Crippen LogP contribution in [0.1, 0.15) is 12.8 Å². The van der Waals surface area contributed by atoms with Gasteiger partial charge in [0.2, 0.25) is 10.0 Å². The summed E-state index contributed by atoms with van der Waals surface area (Å²) in [5.74, 6) is -0.0135. The van der Waals surface area contributed by atoms with Crippen LogP contribution >= 0.6 is 15.9 Å². The van der Waals surface area contributed by atoms with Crippen LogP contribution in [-0.4, -0.2) is 62.4 Å². The van der Waals surface area contributed by atoms with E-state index in [1.165, 1.54) is 4.31 Å². The molecule has 0 bridgehead atoms. The number of hydrogen-bond acceptors (Lipinski definition) is 4. The zero-order valence-electron chi connectivity index (χ0n) is 12.7. The van der Waals surface area contributed by atoms with Crippen molar-refractivity contribution >= 4 is 31.9 Å². The molecule has 126 valence electrons. The molecule has 6 nitrogen and oxygen atoms in total. The summed E-state index contributed by atoms with van der Waals surface area (Å²) in [5, 5.41) is 0. The number of halogens is 1. The molecular weight excluding hydrogens is 384 g/mol. The highest BCUT2D eigenvalue weighted by molar-refractivity contribution is 9.10. The van der Waals surface area contributed by atoms with Gasteiger partial charge in [-0.1, -0.05) is 12.1 Å². The Labute approximate surface area is 144 Å². The largest absolute Gasteiger partial charge is 0.368 e. The maximum atomic E-state index is 12.7. The lowest BCUT2D eigenvalue weighted by molar-refractivity contribution is -0.142. The SMILES string of the molecule is O=C([C@@H]1CCCO1)N1CCN(S(=O)(=O)c2ccccc2Br)CC1. The van der Waals surface area contributed by atoms with Crippen molar-refractivity contribution in [2.24, 2.45) is 0 Å². The third-order valence-electron chi connectivity index (χ3n) is 4.21. The molecule has 0 aromatic heterocycles. The van der Waals surface area contributed by atoms with Crippen LogP contribution in [0.5, 0.6) is 0 Å². The summed E-state index contributed by atoms with van der Waals surface area (Å²) in [4.78, 5) is 14.3. The molecule has 1 aromatic rings. The van der Waals surface area contributed by atoms with Crippen molar-refractivity contribution < 1.29 is 17.9 Å². The highest BCUT2D eigenvalue weighted by Gasteiger charge is 2.34. The standard InChI is InChI=1S/C15H19BrN2O4S/c16-12-4-1-2-6-14(12)23(20,21)18-9-7-17(8-10-18)15(19)13-5-3-11-22-13/h1-2,4,6,13H,3,5,7-11H2/t13-/m0/s1. The van der Waals surface area contributed by atoms with Crippen molar-refractivity contribution in [1.29, 1.82) is 0 Å². The van der Waals surface area contributed by atoms with Gasteiger partial charge >= 0.3 is 0 Å². The minimum atomic E-state index is -3.54. The molecule has 0 saturated carbocycles. The van der Waals surface area contributed by atoms with Gasteiger partial charge in [0.15, 0.2) is 0 Å². The molecule has 2 fully saturated rings. The van der Waals surface area contributed by atoms with Gasteiger partial charge in [-0.25, -0.2) is 8.42 Å². The molecule has 2 aliphatic heterocycles. The first-order valence-corrected chi connectivity index (χ1v) is 9.88. The number of benzene rings is 1. The van der Waals surface area contributed by atoms with E-state index >= 15 is 0 Å². The predicted octanol–water partition coefficient (Wildman–Crippen LogP) is 1.46. The number of carbonyl (C=O) groups is 1. The van der Waals surface area contributed by atoms with E-state index in [-0.39, 0.29) is 16.9 Å². The molecule has 2 heterocycles. The number of nitrogens with zero attached hydrogens (tertiary/aromatic N) is 2. The zero-order chi connectivity index (χ0) is 16.4. The Hall–Kier alpha value is -0.960. The molecule has 2 saturated heterocycles. The third-order valence-corrected chi connectivity index (χ3v) is 7.12. The fraction of sp³-hybridized carbons (Fsp3) is 0.533. The van der Waals surface area contributed by atoms with Gasteiger partial charge in [0.1, 0.15) is 6.10 Å². The Morgan fingerprint density at radius 1 is 1.17 bits per heavy atom. The Morgan fingerprint density at radius 3 is 2.48 bits per heavy atom. The fourth-order valence-corrected chi connectivity index (χ4v) is 5.30. The zero-order valence-corrected chi connectivity index (χ0v) is 15.1. The molecule has 1 atom stereocenters. The van der Waals surface area contributed by atoms with Crippen molar-refractivity contribution in [1.82, 2.24) is 9.21 Å². The summed E-state index contributed by atoms with van der Waals surface area (Å²) >= 11 is 3.29. The van der Waals surface area contributed by atoms with Gasteiger partial charge in [0, 0.05) is 37.3 Å². The highest BCUT2D eigenvalue weighted by atomic mass is 79.9. The smallest absolute Gasteiger partial charge is 0.251 e. The lowest BCUT2D eigenvalue weighted by Gasteiger charge is -2.35. The number of rotatable bonds is 3. The van der Waals surface area contributed by atoms with Gasteiger partial charge in [-0.05, 0) is 40.9 Å². The van der Waals surface area contributed by atoms with Crippen LogP contribution in [0.3, 0.4) is 0 Å².